The lowest BCUT2D eigenvalue weighted by molar-refractivity contribution is -0.448. The molecule has 0 aromatic heterocycles. The zero-order valence-electron chi connectivity index (χ0n) is 10.9. The molecule has 0 amide bonds. The Labute approximate surface area is 123 Å². The molecule has 0 aliphatic heterocycles. The Bertz CT molecular complexity index is 734. The summed E-state index contributed by atoms with van der Waals surface area (Å²) in [6, 6.07) is 3.19. The summed E-state index contributed by atoms with van der Waals surface area (Å²) in [5.74, 6) is 0. The molecule has 0 heterocycles. The molecule has 1 aromatic rings. The van der Waals surface area contributed by atoms with Crippen molar-refractivity contribution in [3.63, 3.8) is 0 Å². The molecule has 1 aliphatic carbocycles. The maximum absolute atomic E-state index is 11.0. The van der Waals surface area contributed by atoms with Crippen LogP contribution in [0.25, 0.3) is 6.08 Å². The van der Waals surface area contributed by atoms with Gasteiger partial charge in [0.2, 0.25) is 0 Å². The zero-order chi connectivity index (χ0) is 16.3. The first-order chi connectivity index (χ1) is 10.4. The Kier molecular flexibility index (Phi) is 3.98. The van der Waals surface area contributed by atoms with Crippen LogP contribution in [-0.2, 0) is 0 Å². The lowest BCUT2D eigenvalue weighted by atomic mass is 10.0. The summed E-state index contributed by atoms with van der Waals surface area (Å²) in [6.45, 7) is 0. The van der Waals surface area contributed by atoms with Gasteiger partial charge in [-0.1, -0.05) is 18.2 Å². The Balaban J connectivity index is 2.38. The molecule has 0 N–H and O–H groups in total. The van der Waals surface area contributed by atoms with Crippen LogP contribution < -0.4 is 0 Å². The standard InChI is InChI=1S/C13H8N3O6/c17-14(18)11-4-1-9(2-5-11)7-10-3-6-12(15(19)20)8-13(10)16(21)22/h1-8H/q-1. The SMILES string of the molecule is O=[N+]([O-])c1ccc(C=C2C=C[C-]([N+](=O)[O-])C=C2)c([N+](=O)[O-])c1. The number of nitrogens with zero attached hydrogens (tertiary/aromatic N) is 3. The van der Waals surface area contributed by atoms with E-state index in [9.17, 15) is 30.3 Å². The molecular formula is C13H8N3O6-. The minimum Gasteiger partial charge on any atom is -0.270 e. The van der Waals surface area contributed by atoms with Crippen molar-refractivity contribution in [1.29, 1.82) is 0 Å². The van der Waals surface area contributed by atoms with Crippen LogP contribution in [0.4, 0.5) is 11.4 Å². The van der Waals surface area contributed by atoms with E-state index < -0.39 is 20.5 Å². The molecule has 0 fully saturated rings. The molecule has 0 radical (unpaired) electrons. The van der Waals surface area contributed by atoms with E-state index in [2.05, 4.69) is 0 Å². The van der Waals surface area contributed by atoms with Gasteiger partial charge in [-0.3, -0.25) is 30.3 Å². The Morgan fingerprint density at radius 2 is 1.59 bits per heavy atom. The van der Waals surface area contributed by atoms with Crippen LogP contribution in [0.15, 0.2) is 48.1 Å². The van der Waals surface area contributed by atoms with Crippen molar-refractivity contribution in [3.05, 3.63) is 90.0 Å². The highest BCUT2D eigenvalue weighted by Crippen LogP contribution is 2.28. The number of nitro groups is 3. The summed E-state index contributed by atoms with van der Waals surface area (Å²) >= 11 is 0. The van der Waals surface area contributed by atoms with E-state index in [-0.39, 0.29) is 17.3 Å². The fourth-order valence-corrected chi connectivity index (χ4v) is 1.80. The minimum atomic E-state index is -0.720. The largest absolute Gasteiger partial charge is 0.283 e. The van der Waals surface area contributed by atoms with Crippen molar-refractivity contribution in [2.45, 2.75) is 0 Å². The number of hydrogen-bond acceptors (Lipinski definition) is 6. The van der Waals surface area contributed by atoms with Crippen molar-refractivity contribution in [3.8, 4) is 0 Å². The number of nitro benzene ring substituents is 2. The van der Waals surface area contributed by atoms with Crippen LogP contribution in [0, 0.1) is 36.4 Å². The van der Waals surface area contributed by atoms with Gasteiger partial charge in [-0.05, 0) is 6.07 Å². The Hall–Kier alpha value is -3.49. The summed E-state index contributed by atoms with van der Waals surface area (Å²) in [7, 11) is 0. The lowest BCUT2D eigenvalue weighted by Crippen LogP contribution is -2.05. The molecular weight excluding hydrogens is 294 g/mol. The average Bonchev–Trinajstić information content (AvgIpc) is 2.47. The van der Waals surface area contributed by atoms with Gasteiger partial charge in [-0.2, -0.15) is 12.2 Å². The first-order valence-corrected chi connectivity index (χ1v) is 5.90. The molecule has 0 bridgehead atoms. The maximum atomic E-state index is 11.0. The number of non-ortho nitro benzene ring substituents is 1. The topological polar surface area (TPSA) is 129 Å². The van der Waals surface area contributed by atoms with Gasteiger partial charge < -0.3 is 0 Å². The quantitative estimate of drug-likeness (QED) is 0.477. The first-order valence-electron chi connectivity index (χ1n) is 5.90. The van der Waals surface area contributed by atoms with Crippen LogP contribution in [0.3, 0.4) is 0 Å². The smallest absolute Gasteiger partial charge is 0.270 e. The van der Waals surface area contributed by atoms with Gasteiger partial charge in [0.15, 0.2) is 6.04 Å². The van der Waals surface area contributed by atoms with Crippen molar-refractivity contribution in [2.75, 3.05) is 0 Å². The highest BCUT2D eigenvalue weighted by Gasteiger charge is 2.18. The summed E-state index contributed by atoms with van der Waals surface area (Å²) in [5.41, 5.74) is -0.118. The monoisotopic (exact) mass is 302 g/mol. The molecule has 1 aromatic carbocycles. The van der Waals surface area contributed by atoms with E-state index in [1.807, 2.05) is 0 Å². The van der Waals surface area contributed by atoms with E-state index in [0.717, 1.165) is 12.1 Å². The predicted molar refractivity (Wildman–Crippen MR) is 76.2 cm³/mol. The Morgan fingerprint density at radius 1 is 0.955 bits per heavy atom. The second-order valence-electron chi connectivity index (χ2n) is 4.25. The van der Waals surface area contributed by atoms with Gasteiger partial charge >= 0.3 is 0 Å². The van der Waals surface area contributed by atoms with E-state index in [4.69, 9.17) is 0 Å². The first kappa shape index (κ1) is 14.9. The number of benzene rings is 1. The third kappa shape index (κ3) is 3.15. The molecule has 0 saturated heterocycles. The molecule has 9 nitrogen and oxygen atoms in total. The highest BCUT2D eigenvalue weighted by molar-refractivity contribution is 5.69. The fourth-order valence-electron chi connectivity index (χ4n) is 1.80. The molecule has 2 rings (SSSR count). The lowest BCUT2D eigenvalue weighted by Gasteiger charge is -2.12. The van der Waals surface area contributed by atoms with Gasteiger partial charge in [0.1, 0.15) is 0 Å². The molecule has 1 aliphatic rings. The maximum Gasteiger partial charge on any atom is 0.283 e. The van der Waals surface area contributed by atoms with Crippen LogP contribution in [-0.4, -0.2) is 14.8 Å². The zero-order valence-corrected chi connectivity index (χ0v) is 10.9. The van der Waals surface area contributed by atoms with Crippen LogP contribution >= 0.6 is 0 Å². The molecule has 0 spiro atoms. The number of rotatable bonds is 4. The van der Waals surface area contributed by atoms with Gasteiger partial charge in [0.05, 0.1) is 21.5 Å². The molecule has 112 valence electrons. The average molecular weight is 302 g/mol. The van der Waals surface area contributed by atoms with Gasteiger partial charge in [0, 0.05) is 11.0 Å². The highest BCUT2D eigenvalue weighted by atomic mass is 16.6. The normalized spacial score (nSPS) is 13.1. The summed E-state index contributed by atoms with van der Waals surface area (Å²) in [5, 5.41) is 32.2. The summed E-state index contributed by atoms with van der Waals surface area (Å²) in [4.78, 5) is 30.2. The summed E-state index contributed by atoms with van der Waals surface area (Å²) < 4.78 is 0. The second-order valence-corrected chi connectivity index (χ2v) is 4.25. The number of hydrogen-bond donors (Lipinski definition) is 0. The molecule has 0 atom stereocenters. The van der Waals surface area contributed by atoms with E-state index in [1.165, 1.54) is 36.4 Å². The van der Waals surface area contributed by atoms with Crippen LogP contribution in [0.1, 0.15) is 5.56 Å². The molecule has 0 saturated carbocycles. The third-order valence-corrected chi connectivity index (χ3v) is 2.85. The second kappa shape index (κ2) is 5.87. The third-order valence-electron chi connectivity index (χ3n) is 2.85. The van der Waals surface area contributed by atoms with E-state index in [1.54, 1.807) is 0 Å². The van der Waals surface area contributed by atoms with Crippen molar-refractivity contribution in [1.82, 2.24) is 0 Å². The van der Waals surface area contributed by atoms with Crippen molar-refractivity contribution in [2.24, 2.45) is 0 Å². The molecule has 0 unspecified atom stereocenters. The number of allylic oxidation sites excluding steroid dienone is 3. The van der Waals surface area contributed by atoms with Crippen LogP contribution in [0.5, 0.6) is 0 Å². The van der Waals surface area contributed by atoms with Gasteiger partial charge in [0.25, 0.3) is 11.4 Å². The van der Waals surface area contributed by atoms with Crippen LogP contribution in [0.2, 0.25) is 0 Å². The van der Waals surface area contributed by atoms with Gasteiger partial charge in [-0.25, -0.2) is 0 Å². The molecule has 9 heteroatoms. The predicted octanol–water partition coefficient (Wildman–Crippen LogP) is 2.82. The van der Waals surface area contributed by atoms with Crippen molar-refractivity contribution >= 4 is 17.5 Å². The van der Waals surface area contributed by atoms with Crippen molar-refractivity contribution < 1.29 is 14.8 Å². The Morgan fingerprint density at radius 3 is 2.09 bits per heavy atom. The van der Waals surface area contributed by atoms with Gasteiger partial charge in [-0.15, -0.1) is 5.57 Å². The molecule has 22 heavy (non-hydrogen) atoms. The minimum absolute atomic E-state index is 0.102. The van der Waals surface area contributed by atoms with E-state index in [0.29, 0.717) is 5.57 Å². The fraction of sp³-hybridized carbons (Fsp3) is 0. The van der Waals surface area contributed by atoms with E-state index >= 15 is 0 Å². The summed E-state index contributed by atoms with van der Waals surface area (Å²) in [6.07, 6.45) is 6.82.